The number of carbonyl (C=O) groups is 1. The maximum atomic E-state index is 10.8. The number of hydrogen-bond donors (Lipinski definition) is 1. The zero-order valence-corrected chi connectivity index (χ0v) is 10.7. The normalized spacial score (nSPS) is 10.3. The van der Waals surface area contributed by atoms with Crippen molar-refractivity contribution < 1.29 is 9.53 Å². The van der Waals surface area contributed by atoms with Gasteiger partial charge >= 0.3 is 0 Å². The molecule has 0 bridgehead atoms. The maximum absolute atomic E-state index is 10.8. The number of carbonyl (C=O) groups excluding carboxylic acids is 1. The first-order valence-electron chi connectivity index (χ1n) is 5.30. The van der Waals surface area contributed by atoms with Crippen LogP contribution in [0.1, 0.15) is 0 Å². The van der Waals surface area contributed by atoms with Gasteiger partial charge in [0.2, 0.25) is 5.91 Å². The molecule has 1 amide bonds. The molecule has 0 saturated carbocycles. The zero-order chi connectivity index (χ0) is 13.0. The molecule has 5 nitrogen and oxygen atoms in total. The lowest BCUT2D eigenvalue weighted by atomic mass is 10.3. The molecular formula is C12H13N3O2S. The summed E-state index contributed by atoms with van der Waals surface area (Å²) < 4.78 is 7.17. The fraction of sp³-hybridized carbons (Fsp3) is 0.167. The molecule has 0 radical (unpaired) electrons. The van der Waals surface area contributed by atoms with Crippen molar-refractivity contribution in [1.29, 1.82) is 0 Å². The highest BCUT2D eigenvalue weighted by Gasteiger charge is 2.10. The van der Waals surface area contributed by atoms with E-state index < -0.39 is 0 Å². The van der Waals surface area contributed by atoms with Gasteiger partial charge in [-0.05, 0) is 12.1 Å². The van der Waals surface area contributed by atoms with Gasteiger partial charge in [-0.1, -0.05) is 23.9 Å². The molecule has 0 aliphatic heterocycles. The minimum absolute atomic E-state index is 0.201. The molecule has 1 aromatic heterocycles. The molecule has 0 fully saturated rings. The molecule has 2 N–H and O–H groups in total. The van der Waals surface area contributed by atoms with Gasteiger partial charge in [-0.15, -0.1) is 0 Å². The second-order valence-corrected chi connectivity index (χ2v) is 4.45. The summed E-state index contributed by atoms with van der Waals surface area (Å²) in [5.41, 5.74) is 6.01. The number of thioether (sulfide) groups is 1. The summed E-state index contributed by atoms with van der Waals surface area (Å²) in [6.07, 6.45) is 3.50. The van der Waals surface area contributed by atoms with Gasteiger partial charge in [0.15, 0.2) is 5.16 Å². The van der Waals surface area contributed by atoms with Gasteiger partial charge in [0.25, 0.3) is 0 Å². The topological polar surface area (TPSA) is 70.1 Å². The third kappa shape index (κ3) is 2.65. The predicted molar refractivity (Wildman–Crippen MR) is 70.0 cm³/mol. The van der Waals surface area contributed by atoms with Crippen LogP contribution in [0.5, 0.6) is 5.75 Å². The summed E-state index contributed by atoms with van der Waals surface area (Å²) in [5.74, 6) is 0.581. The second kappa shape index (κ2) is 5.59. The first-order valence-corrected chi connectivity index (χ1v) is 6.29. The Bertz CT molecular complexity index is 554. The lowest BCUT2D eigenvalue weighted by Crippen LogP contribution is -2.13. The van der Waals surface area contributed by atoms with Crippen LogP contribution in [0.2, 0.25) is 0 Å². The van der Waals surface area contributed by atoms with E-state index in [1.54, 1.807) is 13.3 Å². The number of rotatable bonds is 5. The van der Waals surface area contributed by atoms with E-state index in [4.69, 9.17) is 10.5 Å². The molecule has 0 aliphatic carbocycles. The van der Waals surface area contributed by atoms with E-state index >= 15 is 0 Å². The molecule has 1 heterocycles. The van der Waals surface area contributed by atoms with E-state index in [1.165, 1.54) is 11.8 Å². The molecule has 0 spiro atoms. The minimum atomic E-state index is -0.366. The number of nitrogens with zero attached hydrogens (tertiary/aromatic N) is 2. The van der Waals surface area contributed by atoms with Crippen LogP contribution in [-0.2, 0) is 4.79 Å². The number of hydrogen-bond acceptors (Lipinski definition) is 4. The van der Waals surface area contributed by atoms with Gasteiger partial charge in [0.05, 0.1) is 18.6 Å². The Kier molecular flexibility index (Phi) is 3.88. The number of ether oxygens (including phenoxy) is 1. The predicted octanol–water partition coefficient (Wildman–Crippen LogP) is 1.46. The van der Waals surface area contributed by atoms with Gasteiger partial charge in [0.1, 0.15) is 5.75 Å². The van der Waals surface area contributed by atoms with Crippen molar-refractivity contribution in [1.82, 2.24) is 9.55 Å². The van der Waals surface area contributed by atoms with Crippen LogP contribution >= 0.6 is 11.8 Å². The second-order valence-electron chi connectivity index (χ2n) is 3.51. The first-order chi connectivity index (χ1) is 8.72. The summed E-state index contributed by atoms with van der Waals surface area (Å²) >= 11 is 1.30. The van der Waals surface area contributed by atoms with Crippen LogP contribution < -0.4 is 10.5 Å². The highest BCUT2D eigenvalue weighted by Crippen LogP contribution is 2.26. The molecule has 94 valence electrons. The lowest BCUT2D eigenvalue weighted by Gasteiger charge is -2.11. The first kappa shape index (κ1) is 12.5. The van der Waals surface area contributed by atoms with Crippen molar-refractivity contribution in [3.8, 4) is 11.4 Å². The highest BCUT2D eigenvalue weighted by molar-refractivity contribution is 7.99. The molecule has 0 unspecified atom stereocenters. The molecule has 18 heavy (non-hydrogen) atoms. The minimum Gasteiger partial charge on any atom is -0.495 e. The smallest absolute Gasteiger partial charge is 0.227 e. The van der Waals surface area contributed by atoms with E-state index in [-0.39, 0.29) is 11.7 Å². The number of nitrogens with two attached hydrogens (primary N) is 1. The van der Waals surface area contributed by atoms with E-state index in [9.17, 15) is 4.79 Å². The Morgan fingerprint density at radius 2 is 2.28 bits per heavy atom. The Morgan fingerprint density at radius 3 is 3.00 bits per heavy atom. The molecule has 0 atom stereocenters. The average Bonchev–Trinajstić information content (AvgIpc) is 2.84. The van der Waals surface area contributed by atoms with Crippen LogP contribution in [0.25, 0.3) is 5.69 Å². The van der Waals surface area contributed by atoms with Crippen LogP contribution in [0.3, 0.4) is 0 Å². The number of para-hydroxylation sites is 2. The van der Waals surface area contributed by atoms with Crippen LogP contribution in [0.4, 0.5) is 0 Å². The van der Waals surface area contributed by atoms with Crippen molar-refractivity contribution in [3.63, 3.8) is 0 Å². The summed E-state index contributed by atoms with van der Waals surface area (Å²) in [4.78, 5) is 15.0. The van der Waals surface area contributed by atoms with Crippen molar-refractivity contribution in [3.05, 3.63) is 36.7 Å². The number of aromatic nitrogens is 2. The quantitative estimate of drug-likeness (QED) is 0.829. The van der Waals surface area contributed by atoms with Gasteiger partial charge in [-0.25, -0.2) is 4.98 Å². The maximum Gasteiger partial charge on any atom is 0.227 e. The number of imidazole rings is 1. The monoisotopic (exact) mass is 263 g/mol. The Hall–Kier alpha value is -1.95. The third-order valence-electron chi connectivity index (χ3n) is 2.30. The zero-order valence-electron chi connectivity index (χ0n) is 9.87. The lowest BCUT2D eigenvalue weighted by molar-refractivity contribution is -0.115. The molecule has 6 heteroatoms. The SMILES string of the molecule is COc1ccccc1-n1ccnc1SCC(N)=O. The number of amides is 1. The number of benzene rings is 1. The van der Waals surface area contributed by atoms with E-state index in [1.807, 2.05) is 35.0 Å². The summed E-state index contributed by atoms with van der Waals surface area (Å²) in [7, 11) is 1.62. The Morgan fingerprint density at radius 1 is 1.50 bits per heavy atom. The molecule has 2 rings (SSSR count). The van der Waals surface area contributed by atoms with E-state index in [2.05, 4.69) is 4.98 Å². The van der Waals surface area contributed by atoms with E-state index in [0.29, 0.717) is 5.16 Å². The molecule has 0 saturated heterocycles. The third-order valence-corrected chi connectivity index (χ3v) is 3.28. The molecule has 2 aromatic rings. The van der Waals surface area contributed by atoms with Crippen molar-refractivity contribution in [2.75, 3.05) is 12.9 Å². The van der Waals surface area contributed by atoms with Gasteiger partial charge < -0.3 is 10.5 Å². The Labute approximate surface area is 109 Å². The van der Waals surface area contributed by atoms with Crippen molar-refractivity contribution >= 4 is 17.7 Å². The largest absolute Gasteiger partial charge is 0.495 e. The summed E-state index contributed by atoms with van der Waals surface area (Å²) in [6, 6.07) is 7.61. The van der Waals surface area contributed by atoms with Crippen LogP contribution in [0, 0.1) is 0 Å². The molecular weight excluding hydrogens is 250 g/mol. The molecule has 0 aliphatic rings. The van der Waals surface area contributed by atoms with Gasteiger partial charge in [-0.2, -0.15) is 0 Å². The fourth-order valence-corrected chi connectivity index (χ4v) is 2.25. The van der Waals surface area contributed by atoms with Crippen LogP contribution in [0.15, 0.2) is 41.8 Å². The Balaban J connectivity index is 2.33. The summed E-state index contributed by atoms with van der Waals surface area (Å²) in [5, 5.41) is 0.707. The molecule has 1 aromatic carbocycles. The standard InChI is InChI=1S/C12H13N3O2S/c1-17-10-5-3-2-4-9(10)15-7-6-14-12(15)18-8-11(13)16/h2-7H,8H2,1H3,(H2,13,16). The average molecular weight is 263 g/mol. The van der Waals surface area contributed by atoms with Crippen LogP contribution in [-0.4, -0.2) is 28.3 Å². The summed E-state index contributed by atoms with van der Waals surface area (Å²) in [6.45, 7) is 0. The highest BCUT2D eigenvalue weighted by atomic mass is 32.2. The number of primary amides is 1. The van der Waals surface area contributed by atoms with Crippen molar-refractivity contribution in [2.24, 2.45) is 5.73 Å². The van der Waals surface area contributed by atoms with Crippen molar-refractivity contribution in [2.45, 2.75) is 5.16 Å². The van der Waals surface area contributed by atoms with Gasteiger partial charge in [-0.3, -0.25) is 9.36 Å². The fourth-order valence-electron chi connectivity index (χ4n) is 1.54. The van der Waals surface area contributed by atoms with E-state index in [0.717, 1.165) is 11.4 Å². The van der Waals surface area contributed by atoms with Gasteiger partial charge in [0, 0.05) is 12.4 Å². The number of methoxy groups -OCH3 is 1.